The monoisotopic (exact) mass is 547 g/mol. The number of carbonyl (C=O) groups is 3. The number of anilines is 1. The van der Waals surface area contributed by atoms with Gasteiger partial charge in [0.25, 0.3) is 17.7 Å². The fraction of sp³-hybridized carbons (Fsp3) is 0.259. The fourth-order valence-electron chi connectivity index (χ4n) is 4.54. The van der Waals surface area contributed by atoms with Crippen molar-refractivity contribution < 1.29 is 14.4 Å². The van der Waals surface area contributed by atoms with Crippen molar-refractivity contribution in [3.63, 3.8) is 0 Å². The van der Waals surface area contributed by atoms with Crippen LogP contribution in [0.2, 0.25) is 0 Å². The van der Waals surface area contributed by atoms with Gasteiger partial charge in [-0.2, -0.15) is 5.01 Å². The molecule has 2 aromatic carbocycles. The van der Waals surface area contributed by atoms with Gasteiger partial charge in [-0.3, -0.25) is 24.7 Å². The number of hydrogen-bond acceptors (Lipinski definition) is 6. The van der Waals surface area contributed by atoms with E-state index in [1.54, 1.807) is 13.8 Å². The molecule has 36 heavy (non-hydrogen) atoms. The lowest BCUT2D eigenvalue weighted by molar-refractivity contribution is -0.135. The first-order valence-electron chi connectivity index (χ1n) is 11.8. The van der Waals surface area contributed by atoms with Crippen LogP contribution >= 0.6 is 15.9 Å². The van der Waals surface area contributed by atoms with Crippen molar-refractivity contribution in [3.05, 3.63) is 81.3 Å². The summed E-state index contributed by atoms with van der Waals surface area (Å²) < 4.78 is 0.889. The summed E-state index contributed by atoms with van der Waals surface area (Å²) in [6, 6.07) is 17.2. The maximum Gasteiger partial charge on any atom is 0.275 e. The number of imide groups is 1. The second-order valence-electron chi connectivity index (χ2n) is 9.07. The van der Waals surface area contributed by atoms with Crippen LogP contribution in [0.3, 0.4) is 0 Å². The molecule has 0 spiro atoms. The SMILES string of the molecule is CC1=C(C)C(=O)N(Nc2cc(CN3CCN(C(=O)c4ccccc4)CC3)c3ccc(Br)cc3n2)C1=O. The molecule has 0 bridgehead atoms. The van der Waals surface area contributed by atoms with E-state index in [1.807, 2.05) is 59.5 Å². The van der Waals surface area contributed by atoms with Crippen molar-refractivity contribution in [2.45, 2.75) is 20.4 Å². The van der Waals surface area contributed by atoms with E-state index in [0.717, 1.165) is 39.0 Å². The van der Waals surface area contributed by atoms with Crippen molar-refractivity contribution in [3.8, 4) is 0 Å². The molecule has 0 unspecified atom stereocenters. The van der Waals surface area contributed by atoms with Crippen molar-refractivity contribution in [2.75, 3.05) is 31.6 Å². The Kier molecular flexibility index (Phi) is 6.59. The number of halogens is 1. The van der Waals surface area contributed by atoms with Crippen LogP contribution in [0.1, 0.15) is 29.8 Å². The summed E-state index contributed by atoms with van der Waals surface area (Å²) in [7, 11) is 0. The van der Waals surface area contributed by atoms with E-state index in [2.05, 4.69) is 31.2 Å². The minimum absolute atomic E-state index is 0.0556. The van der Waals surface area contributed by atoms with Gasteiger partial charge in [-0.05, 0) is 49.7 Å². The molecule has 2 aliphatic heterocycles. The Morgan fingerprint density at radius 2 is 1.61 bits per heavy atom. The number of pyridine rings is 1. The highest BCUT2D eigenvalue weighted by Gasteiger charge is 2.34. The van der Waals surface area contributed by atoms with E-state index >= 15 is 0 Å². The van der Waals surface area contributed by atoms with E-state index in [9.17, 15) is 14.4 Å². The van der Waals surface area contributed by atoms with Crippen molar-refractivity contribution in [2.24, 2.45) is 0 Å². The minimum Gasteiger partial charge on any atom is -0.336 e. The minimum atomic E-state index is -0.366. The third kappa shape index (κ3) is 4.64. The van der Waals surface area contributed by atoms with Gasteiger partial charge in [0, 0.05) is 59.3 Å². The quantitative estimate of drug-likeness (QED) is 0.486. The Bertz CT molecular complexity index is 1370. The summed E-state index contributed by atoms with van der Waals surface area (Å²) >= 11 is 3.51. The molecular weight excluding hydrogens is 522 g/mol. The lowest BCUT2D eigenvalue weighted by Gasteiger charge is -2.35. The zero-order chi connectivity index (χ0) is 25.4. The predicted octanol–water partition coefficient (Wildman–Crippen LogP) is 3.99. The topological polar surface area (TPSA) is 85.8 Å². The zero-order valence-electron chi connectivity index (χ0n) is 20.1. The largest absolute Gasteiger partial charge is 0.336 e. The fourth-order valence-corrected chi connectivity index (χ4v) is 4.89. The zero-order valence-corrected chi connectivity index (χ0v) is 21.7. The molecule has 184 valence electrons. The van der Waals surface area contributed by atoms with Crippen LogP contribution in [0.5, 0.6) is 0 Å². The van der Waals surface area contributed by atoms with E-state index in [-0.39, 0.29) is 17.7 Å². The number of fused-ring (bicyclic) bond motifs is 1. The molecule has 3 aromatic rings. The molecule has 1 N–H and O–H groups in total. The molecular formula is C27H26BrN5O3. The number of rotatable bonds is 5. The third-order valence-corrected chi connectivity index (χ3v) is 7.26. The molecule has 8 nitrogen and oxygen atoms in total. The Morgan fingerprint density at radius 3 is 2.28 bits per heavy atom. The van der Waals surface area contributed by atoms with Crippen LogP contribution in [0.15, 0.2) is 70.2 Å². The maximum atomic E-state index is 12.8. The lowest BCUT2D eigenvalue weighted by atomic mass is 10.1. The average molecular weight is 548 g/mol. The van der Waals surface area contributed by atoms with E-state index in [0.29, 0.717) is 42.2 Å². The molecule has 5 rings (SSSR count). The Hall–Kier alpha value is -3.56. The van der Waals surface area contributed by atoms with Gasteiger partial charge in [-0.25, -0.2) is 4.98 Å². The van der Waals surface area contributed by atoms with Crippen LogP contribution in [0.4, 0.5) is 5.82 Å². The number of aromatic nitrogens is 1. The second kappa shape index (κ2) is 9.83. The summed E-state index contributed by atoms with van der Waals surface area (Å²) in [4.78, 5) is 46.8. The molecule has 2 aliphatic rings. The van der Waals surface area contributed by atoms with Gasteiger partial charge in [0.05, 0.1) is 5.52 Å². The van der Waals surface area contributed by atoms with Crippen LogP contribution < -0.4 is 5.43 Å². The lowest BCUT2D eigenvalue weighted by Crippen LogP contribution is -2.48. The normalized spacial score (nSPS) is 16.9. The number of piperazine rings is 1. The Balaban J connectivity index is 1.34. The summed E-state index contributed by atoms with van der Waals surface area (Å²) in [5, 5.41) is 2.02. The molecule has 0 aliphatic carbocycles. The van der Waals surface area contributed by atoms with E-state index in [4.69, 9.17) is 0 Å². The number of carbonyl (C=O) groups excluding carboxylic acids is 3. The number of nitrogens with zero attached hydrogens (tertiary/aromatic N) is 4. The summed E-state index contributed by atoms with van der Waals surface area (Å²) in [5.41, 5.74) is 6.27. The smallest absolute Gasteiger partial charge is 0.275 e. The second-order valence-corrected chi connectivity index (χ2v) is 9.99. The number of hydrogen-bond donors (Lipinski definition) is 1. The first-order chi connectivity index (χ1) is 17.3. The van der Waals surface area contributed by atoms with Crippen LogP contribution in [0.25, 0.3) is 10.9 Å². The van der Waals surface area contributed by atoms with Crippen LogP contribution in [-0.2, 0) is 16.1 Å². The standard InChI is InChI=1S/C27H26BrN5O3/c1-17-18(2)26(35)33(25(17)34)30-24-14-20(22-9-8-21(28)15-23(22)29-24)16-31-10-12-32(13-11-31)27(36)19-6-4-3-5-7-19/h3-9,14-15H,10-13,16H2,1-2H3,(H,29,30). The number of hydrazine groups is 1. The molecule has 0 saturated carbocycles. The first-order valence-corrected chi connectivity index (χ1v) is 12.6. The maximum absolute atomic E-state index is 12.8. The van der Waals surface area contributed by atoms with Gasteiger partial charge < -0.3 is 4.90 Å². The van der Waals surface area contributed by atoms with Crippen LogP contribution in [0, 0.1) is 0 Å². The van der Waals surface area contributed by atoms with Gasteiger partial charge in [0.1, 0.15) is 5.82 Å². The van der Waals surface area contributed by atoms with Crippen molar-refractivity contribution in [1.82, 2.24) is 19.8 Å². The van der Waals surface area contributed by atoms with E-state index in [1.165, 1.54) is 0 Å². The Labute approximate surface area is 217 Å². The molecule has 9 heteroatoms. The molecule has 0 atom stereocenters. The number of benzene rings is 2. The third-order valence-electron chi connectivity index (χ3n) is 6.77. The summed E-state index contributed by atoms with van der Waals surface area (Å²) in [5.74, 6) is -0.249. The average Bonchev–Trinajstić information content (AvgIpc) is 3.07. The Morgan fingerprint density at radius 1 is 0.944 bits per heavy atom. The van der Waals surface area contributed by atoms with Crippen molar-refractivity contribution >= 4 is 50.4 Å². The summed E-state index contributed by atoms with van der Waals surface area (Å²) in [6.07, 6.45) is 0. The number of nitrogens with one attached hydrogen (secondary N) is 1. The van der Waals surface area contributed by atoms with Gasteiger partial charge in [0.15, 0.2) is 0 Å². The molecule has 1 saturated heterocycles. The van der Waals surface area contributed by atoms with Gasteiger partial charge in [-0.15, -0.1) is 0 Å². The molecule has 1 aromatic heterocycles. The predicted molar refractivity (Wildman–Crippen MR) is 141 cm³/mol. The van der Waals surface area contributed by atoms with Gasteiger partial charge in [0.2, 0.25) is 0 Å². The highest BCUT2D eigenvalue weighted by atomic mass is 79.9. The molecule has 0 radical (unpaired) electrons. The van der Waals surface area contributed by atoms with E-state index < -0.39 is 0 Å². The van der Waals surface area contributed by atoms with Crippen LogP contribution in [-0.4, -0.2) is 63.7 Å². The molecule has 3 amide bonds. The van der Waals surface area contributed by atoms with Gasteiger partial charge in [-0.1, -0.05) is 40.2 Å². The summed E-state index contributed by atoms with van der Waals surface area (Å²) in [6.45, 7) is 6.73. The highest BCUT2D eigenvalue weighted by molar-refractivity contribution is 9.10. The van der Waals surface area contributed by atoms with Crippen molar-refractivity contribution in [1.29, 1.82) is 0 Å². The molecule has 3 heterocycles. The number of amides is 3. The first kappa shape index (κ1) is 24.1. The highest BCUT2D eigenvalue weighted by Crippen LogP contribution is 2.27. The van der Waals surface area contributed by atoms with Gasteiger partial charge >= 0.3 is 0 Å². The molecule has 1 fully saturated rings.